The van der Waals surface area contributed by atoms with Crippen molar-refractivity contribution >= 4 is 5.97 Å². The first-order valence-electron chi connectivity index (χ1n) is 9.10. The van der Waals surface area contributed by atoms with E-state index in [-0.39, 0.29) is 28.6 Å². The van der Waals surface area contributed by atoms with E-state index in [1.54, 1.807) is 0 Å². The standard InChI is InChI=1S/C19H28O4/c1-4-21-16(20)14-9-8-13-7-5-6-10-18(13)15(14)19(18)22-11-17(2,3)12-23-19/h8-9,13-15H,4-7,10-12H2,1-3H3/t13-,14+,15-,18+/m1/s1. The third kappa shape index (κ3) is 2.00. The topological polar surface area (TPSA) is 44.8 Å². The third-order valence-electron chi connectivity index (χ3n) is 6.37. The minimum atomic E-state index is -0.561. The molecule has 2 saturated carbocycles. The summed E-state index contributed by atoms with van der Waals surface area (Å²) in [5, 5.41) is 0. The summed E-state index contributed by atoms with van der Waals surface area (Å²) >= 11 is 0. The Balaban J connectivity index is 1.67. The van der Waals surface area contributed by atoms with Crippen LogP contribution in [-0.4, -0.2) is 31.6 Å². The van der Waals surface area contributed by atoms with E-state index in [4.69, 9.17) is 14.2 Å². The Hall–Kier alpha value is -0.870. The van der Waals surface area contributed by atoms with Crippen LogP contribution in [0, 0.1) is 28.6 Å². The van der Waals surface area contributed by atoms with Crippen LogP contribution in [0.25, 0.3) is 0 Å². The maximum Gasteiger partial charge on any atom is 0.313 e. The molecule has 1 aliphatic heterocycles. The van der Waals surface area contributed by atoms with Gasteiger partial charge < -0.3 is 14.2 Å². The van der Waals surface area contributed by atoms with Gasteiger partial charge in [0.05, 0.1) is 25.7 Å². The molecule has 3 aliphatic carbocycles. The lowest BCUT2D eigenvalue weighted by Gasteiger charge is -2.41. The molecule has 1 saturated heterocycles. The van der Waals surface area contributed by atoms with Crippen LogP contribution in [0.4, 0.5) is 0 Å². The summed E-state index contributed by atoms with van der Waals surface area (Å²) in [6.45, 7) is 8.03. The summed E-state index contributed by atoms with van der Waals surface area (Å²) in [7, 11) is 0. The molecule has 23 heavy (non-hydrogen) atoms. The number of carbonyl (C=O) groups excluding carboxylic acids is 1. The number of esters is 1. The van der Waals surface area contributed by atoms with Crippen LogP contribution < -0.4 is 0 Å². The van der Waals surface area contributed by atoms with Gasteiger partial charge in [0, 0.05) is 16.7 Å². The number of carbonyl (C=O) groups is 1. The summed E-state index contributed by atoms with van der Waals surface area (Å²) in [4.78, 5) is 12.5. The Bertz CT molecular complexity index is 527. The van der Waals surface area contributed by atoms with Gasteiger partial charge in [-0.3, -0.25) is 4.79 Å². The summed E-state index contributed by atoms with van der Waals surface area (Å²) in [5.41, 5.74) is 0.0403. The van der Waals surface area contributed by atoms with Gasteiger partial charge in [-0.15, -0.1) is 0 Å². The van der Waals surface area contributed by atoms with E-state index >= 15 is 0 Å². The SMILES string of the molecule is CCOC(=O)[C@H]1C=C[C@H]2CCCC[C@@]23[C@@H]1C31OCC(C)(C)CO1. The fourth-order valence-electron chi connectivity index (χ4n) is 5.35. The zero-order chi connectivity index (χ0) is 16.3. The van der Waals surface area contributed by atoms with E-state index in [0.29, 0.717) is 25.7 Å². The Kier molecular flexibility index (Phi) is 3.44. The lowest BCUT2D eigenvalue weighted by Crippen LogP contribution is -2.44. The Labute approximate surface area is 138 Å². The quantitative estimate of drug-likeness (QED) is 0.578. The fraction of sp³-hybridized carbons (Fsp3) is 0.842. The maximum absolute atomic E-state index is 12.5. The van der Waals surface area contributed by atoms with Crippen molar-refractivity contribution in [3.05, 3.63) is 12.2 Å². The van der Waals surface area contributed by atoms with Crippen LogP contribution >= 0.6 is 0 Å². The molecule has 0 bridgehead atoms. The van der Waals surface area contributed by atoms with Crippen molar-refractivity contribution in [3.63, 3.8) is 0 Å². The summed E-state index contributed by atoms with van der Waals surface area (Å²) < 4.78 is 18.1. The molecule has 4 rings (SSSR count). The average molecular weight is 320 g/mol. The molecule has 0 radical (unpaired) electrons. The van der Waals surface area contributed by atoms with Crippen LogP contribution in [0.15, 0.2) is 12.2 Å². The molecule has 4 nitrogen and oxygen atoms in total. The molecular formula is C19H28O4. The van der Waals surface area contributed by atoms with Crippen LogP contribution in [0.3, 0.4) is 0 Å². The zero-order valence-electron chi connectivity index (χ0n) is 14.5. The monoisotopic (exact) mass is 320 g/mol. The summed E-state index contributed by atoms with van der Waals surface area (Å²) in [6.07, 6.45) is 9.06. The van der Waals surface area contributed by atoms with Gasteiger partial charge in [-0.05, 0) is 25.7 Å². The first-order chi connectivity index (χ1) is 11.0. The van der Waals surface area contributed by atoms with E-state index < -0.39 is 5.79 Å². The third-order valence-corrected chi connectivity index (χ3v) is 6.37. The van der Waals surface area contributed by atoms with Crippen molar-refractivity contribution in [2.24, 2.45) is 28.6 Å². The van der Waals surface area contributed by atoms with E-state index in [9.17, 15) is 4.79 Å². The molecule has 2 spiro atoms. The van der Waals surface area contributed by atoms with E-state index in [1.807, 2.05) is 6.92 Å². The van der Waals surface area contributed by atoms with Crippen molar-refractivity contribution in [1.29, 1.82) is 0 Å². The molecule has 0 N–H and O–H groups in total. The molecule has 0 aromatic heterocycles. The van der Waals surface area contributed by atoms with Gasteiger partial charge in [-0.2, -0.15) is 0 Å². The summed E-state index contributed by atoms with van der Waals surface area (Å²) in [5.74, 6) is -0.292. The van der Waals surface area contributed by atoms with Gasteiger partial charge in [0.2, 0.25) is 0 Å². The Morgan fingerprint density at radius 1 is 1.22 bits per heavy atom. The van der Waals surface area contributed by atoms with Gasteiger partial charge >= 0.3 is 5.97 Å². The highest BCUT2D eigenvalue weighted by molar-refractivity contribution is 5.77. The predicted octanol–water partition coefficient (Wildman–Crippen LogP) is 3.31. The molecular weight excluding hydrogens is 292 g/mol. The van der Waals surface area contributed by atoms with Gasteiger partial charge in [0.25, 0.3) is 0 Å². The number of hydrogen-bond donors (Lipinski definition) is 0. The normalized spacial score (nSPS) is 42.7. The van der Waals surface area contributed by atoms with Crippen LogP contribution in [0.1, 0.15) is 46.5 Å². The molecule has 0 aromatic rings. The van der Waals surface area contributed by atoms with Crippen molar-refractivity contribution in [2.75, 3.05) is 19.8 Å². The molecule has 0 amide bonds. The highest BCUT2D eigenvalue weighted by atomic mass is 16.7. The first-order valence-corrected chi connectivity index (χ1v) is 9.10. The second kappa shape index (κ2) is 5.06. The number of hydrogen-bond acceptors (Lipinski definition) is 4. The molecule has 0 aromatic carbocycles. The predicted molar refractivity (Wildman–Crippen MR) is 85.6 cm³/mol. The lowest BCUT2D eigenvalue weighted by molar-refractivity contribution is -0.271. The Morgan fingerprint density at radius 3 is 2.65 bits per heavy atom. The van der Waals surface area contributed by atoms with Crippen molar-refractivity contribution in [3.8, 4) is 0 Å². The smallest absolute Gasteiger partial charge is 0.313 e. The van der Waals surface area contributed by atoms with Crippen LogP contribution in [0.5, 0.6) is 0 Å². The molecule has 1 heterocycles. The highest BCUT2D eigenvalue weighted by Crippen LogP contribution is 2.78. The second-order valence-corrected chi connectivity index (χ2v) is 8.44. The van der Waals surface area contributed by atoms with E-state index in [1.165, 1.54) is 19.3 Å². The van der Waals surface area contributed by atoms with Crippen molar-refractivity contribution in [2.45, 2.75) is 52.2 Å². The molecule has 4 atom stereocenters. The molecule has 4 aliphatic rings. The van der Waals surface area contributed by atoms with Crippen LogP contribution in [0.2, 0.25) is 0 Å². The highest BCUT2D eigenvalue weighted by Gasteiger charge is 2.85. The molecule has 0 unspecified atom stereocenters. The van der Waals surface area contributed by atoms with E-state index in [2.05, 4.69) is 26.0 Å². The molecule has 3 fully saturated rings. The van der Waals surface area contributed by atoms with Crippen molar-refractivity contribution in [1.82, 2.24) is 0 Å². The van der Waals surface area contributed by atoms with E-state index in [0.717, 1.165) is 6.42 Å². The van der Waals surface area contributed by atoms with Gasteiger partial charge in [0.15, 0.2) is 5.79 Å². The van der Waals surface area contributed by atoms with Gasteiger partial charge in [-0.25, -0.2) is 0 Å². The van der Waals surface area contributed by atoms with Crippen molar-refractivity contribution < 1.29 is 19.0 Å². The fourth-order valence-corrected chi connectivity index (χ4v) is 5.35. The van der Waals surface area contributed by atoms with Gasteiger partial charge in [-0.1, -0.05) is 38.8 Å². The largest absolute Gasteiger partial charge is 0.466 e. The molecule has 4 heteroatoms. The second-order valence-electron chi connectivity index (χ2n) is 8.44. The maximum atomic E-state index is 12.5. The minimum Gasteiger partial charge on any atom is -0.466 e. The lowest BCUT2D eigenvalue weighted by atomic mass is 9.70. The van der Waals surface area contributed by atoms with Crippen LogP contribution in [-0.2, 0) is 19.0 Å². The Morgan fingerprint density at radius 2 is 1.96 bits per heavy atom. The average Bonchev–Trinajstić information content (AvgIpc) is 3.11. The number of allylic oxidation sites excluding steroid dienone is 1. The number of rotatable bonds is 2. The number of fused-ring (bicyclic) bond motifs is 1. The summed E-state index contributed by atoms with van der Waals surface area (Å²) in [6, 6.07) is 0. The number of ether oxygens (including phenoxy) is 3. The minimum absolute atomic E-state index is 0.00602. The zero-order valence-corrected chi connectivity index (χ0v) is 14.5. The van der Waals surface area contributed by atoms with Gasteiger partial charge in [0.1, 0.15) is 0 Å². The first kappa shape index (κ1) is 15.6. The molecule has 128 valence electrons.